The van der Waals surface area contributed by atoms with Crippen LogP contribution in [0.2, 0.25) is 0 Å². The highest BCUT2D eigenvalue weighted by atomic mass is 35.5. The third-order valence-corrected chi connectivity index (χ3v) is 11.8. The maximum Gasteiger partial charge on any atom is 0.283 e. The number of halogens is 1. The van der Waals surface area contributed by atoms with Gasteiger partial charge in [0.2, 0.25) is 10.0 Å². The minimum Gasteiger partial charge on any atom is -0.489 e. The first-order valence-corrected chi connectivity index (χ1v) is 16.6. The number of rotatable bonds is 8. The summed E-state index contributed by atoms with van der Waals surface area (Å²) in [4.78, 5) is 32.7. The molecule has 0 unspecified atom stereocenters. The van der Waals surface area contributed by atoms with Gasteiger partial charge in [0.25, 0.3) is 5.91 Å². The van der Waals surface area contributed by atoms with E-state index in [0.717, 1.165) is 19.1 Å². The van der Waals surface area contributed by atoms with Crippen LogP contribution in [-0.2, 0) is 24.3 Å². The molecule has 1 amide bonds. The molecule has 0 spiro atoms. The molecule has 1 N–H and O–H groups in total. The van der Waals surface area contributed by atoms with E-state index in [4.69, 9.17) is 25.8 Å². The van der Waals surface area contributed by atoms with Gasteiger partial charge in [-0.05, 0) is 61.3 Å². The molecular weight excluding hydrogens is 594 g/mol. The molecule has 2 bridgehead atoms. The molecule has 6 atom stereocenters. The zero-order valence-corrected chi connectivity index (χ0v) is 26.7. The van der Waals surface area contributed by atoms with Gasteiger partial charge in [-0.25, -0.2) is 18.1 Å². The number of pyridine rings is 1. The number of hydrogen-bond donors (Lipinski definition) is 1. The largest absolute Gasteiger partial charge is 0.489 e. The van der Waals surface area contributed by atoms with Crippen LogP contribution in [0.15, 0.2) is 49.1 Å². The van der Waals surface area contributed by atoms with Gasteiger partial charge in [0.05, 0.1) is 10.7 Å². The van der Waals surface area contributed by atoms with Crippen LogP contribution in [0, 0.1) is 23.2 Å². The van der Waals surface area contributed by atoms with E-state index in [0.29, 0.717) is 36.7 Å². The van der Waals surface area contributed by atoms with Crippen molar-refractivity contribution in [3.63, 3.8) is 0 Å². The zero-order valence-electron chi connectivity index (χ0n) is 25.1. The predicted molar refractivity (Wildman–Crippen MR) is 166 cm³/mol. The average Bonchev–Trinajstić information content (AvgIpc) is 3.14. The van der Waals surface area contributed by atoms with Gasteiger partial charge in [0.1, 0.15) is 17.9 Å². The fraction of sp³-hybridized carbons (Fsp3) is 0.581. The molecule has 3 heterocycles. The van der Waals surface area contributed by atoms with Crippen molar-refractivity contribution >= 4 is 39.6 Å². The Morgan fingerprint density at radius 3 is 2.70 bits per heavy atom. The van der Waals surface area contributed by atoms with Crippen molar-refractivity contribution in [1.82, 2.24) is 9.71 Å². The SMILES string of the molecule is C=CC(=C)[C@]1(CCl)COc2ccc3nc2N(C[C@@H]2CC[C@H]2[C@@](C=O)(OC)/C=C/C[C@H](C)[C@@H](CCOC)S(=O)(=O)NC3=O)C1. The number of fused-ring (bicyclic) bond motifs is 2. The first-order valence-electron chi connectivity index (χ1n) is 14.5. The van der Waals surface area contributed by atoms with Gasteiger partial charge < -0.3 is 19.1 Å². The predicted octanol–water partition coefficient (Wildman–Crippen LogP) is 3.92. The van der Waals surface area contributed by atoms with Gasteiger partial charge in [-0.2, -0.15) is 0 Å². The second kappa shape index (κ2) is 13.5. The number of allylic oxidation sites excluding steroid dienone is 2. The van der Waals surface area contributed by atoms with E-state index in [1.807, 2.05) is 11.0 Å². The van der Waals surface area contributed by atoms with Crippen molar-refractivity contribution in [3.8, 4) is 5.75 Å². The van der Waals surface area contributed by atoms with Crippen molar-refractivity contribution in [1.29, 1.82) is 0 Å². The Balaban J connectivity index is 1.85. The topological polar surface area (TPSA) is 124 Å². The normalized spacial score (nSPS) is 33.0. The van der Waals surface area contributed by atoms with Crippen molar-refractivity contribution < 1.29 is 32.2 Å². The summed E-state index contributed by atoms with van der Waals surface area (Å²) in [6.45, 7) is 11.1. The Labute approximate surface area is 259 Å². The van der Waals surface area contributed by atoms with Crippen LogP contribution in [0.3, 0.4) is 0 Å². The second-order valence-electron chi connectivity index (χ2n) is 11.9. The van der Waals surface area contributed by atoms with Gasteiger partial charge >= 0.3 is 0 Å². The van der Waals surface area contributed by atoms with E-state index < -0.39 is 38.1 Å². The van der Waals surface area contributed by atoms with Crippen molar-refractivity contribution in [2.45, 2.75) is 43.5 Å². The molecule has 1 aromatic rings. The number of nitrogens with one attached hydrogen (secondary N) is 1. The molecule has 0 radical (unpaired) electrons. The summed E-state index contributed by atoms with van der Waals surface area (Å²) in [5.74, 6) is -0.291. The van der Waals surface area contributed by atoms with Gasteiger partial charge in [0, 0.05) is 45.7 Å². The molecule has 4 rings (SSSR count). The number of carbonyl (C=O) groups excluding carboxylic acids is 2. The number of nitrogens with zero attached hydrogens (tertiary/aromatic N) is 2. The number of aromatic nitrogens is 1. The Morgan fingerprint density at radius 2 is 2.09 bits per heavy atom. The molecule has 0 aromatic carbocycles. The number of carbonyl (C=O) groups is 2. The Morgan fingerprint density at radius 1 is 1.33 bits per heavy atom. The molecule has 1 aliphatic carbocycles. The van der Waals surface area contributed by atoms with Gasteiger partial charge in [-0.3, -0.25) is 9.59 Å². The maximum absolute atomic E-state index is 13.6. The van der Waals surface area contributed by atoms with Crippen molar-refractivity contribution in [2.75, 3.05) is 51.3 Å². The standard InChI is InChI=1S/C31H42ClN3O7S/c1-6-22(3)30(17-32)18-35-16-23-9-10-24(23)31(19-36,41-5)14-7-8-21(2)27(13-15-40-4)43(38,39)34-29(37)25-11-12-26(42-20-30)28(35)33-25/h6-7,11-12,14,19,21,23-24,27H,1,3,8-10,13,15-18,20H2,2,4-5H3,(H,34,37)/b14-7+/t21-,23-,24+,27+,30-,31+/m0/s1. The van der Waals surface area contributed by atoms with E-state index in [1.165, 1.54) is 20.3 Å². The van der Waals surface area contributed by atoms with Crippen LogP contribution in [0.4, 0.5) is 5.82 Å². The van der Waals surface area contributed by atoms with E-state index in [1.54, 1.807) is 25.1 Å². The minimum atomic E-state index is -4.14. The van der Waals surface area contributed by atoms with E-state index >= 15 is 0 Å². The molecule has 236 valence electrons. The third kappa shape index (κ3) is 6.55. The van der Waals surface area contributed by atoms with E-state index in [9.17, 15) is 18.0 Å². The number of sulfonamides is 1. The fourth-order valence-electron chi connectivity index (χ4n) is 6.37. The van der Waals surface area contributed by atoms with Gasteiger partial charge in [-0.1, -0.05) is 32.2 Å². The number of ether oxygens (including phenoxy) is 3. The lowest BCUT2D eigenvalue weighted by molar-refractivity contribution is -0.135. The molecule has 10 nitrogen and oxygen atoms in total. The van der Waals surface area contributed by atoms with Crippen molar-refractivity contribution in [3.05, 3.63) is 54.8 Å². The molecule has 3 aliphatic rings. The summed E-state index contributed by atoms with van der Waals surface area (Å²) in [6.07, 6.45) is 8.23. The summed E-state index contributed by atoms with van der Waals surface area (Å²) >= 11 is 6.55. The Kier molecular flexibility index (Phi) is 10.4. The molecule has 1 fully saturated rings. The van der Waals surface area contributed by atoms with Crippen LogP contribution in [0.5, 0.6) is 5.75 Å². The zero-order chi connectivity index (χ0) is 31.4. The number of anilines is 1. The summed E-state index contributed by atoms with van der Waals surface area (Å²) in [7, 11) is -1.12. The number of aldehydes is 1. The van der Waals surface area contributed by atoms with Crippen LogP contribution in [0.1, 0.15) is 43.1 Å². The average molecular weight is 636 g/mol. The highest BCUT2D eigenvalue weighted by Crippen LogP contribution is 2.46. The van der Waals surface area contributed by atoms with Gasteiger partial charge in [-0.15, -0.1) is 11.6 Å². The molecule has 12 heteroatoms. The molecule has 2 aliphatic heterocycles. The van der Waals surface area contributed by atoms with Crippen LogP contribution in [-0.4, -0.2) is 82.8 Å². The van der Waals surface area contributed by atoms with E-state index in [2.05, 4.69) is 22.9 Å². The quantitative estimate of drug-likeness (QED) is 0.196. The van der Waals surface area contributed by atoms with Crippen LogP contribution < -0.4 is 14.4 Å². The monoisotopic (exact) mass is 635 g/mol. The molecule has 1 saturated carbocycles. The highest BCUT2D eigenvalue weighted by Gasteiger charge is 2.49. The fourth-order valence-corrected chi connectivity index (χ4v) is 8.35. The molecule has 0 saturated heterocycles. The summed E-state index contributed by atoms with van der Waals surface area (Å²) in [5, 5.41) is -0.937. The number of amides is 1. The van der Waals surface area contributed by atoms with Crippen LogP contribution in [0.25, 0.3) is 0 Å². The number of hydrogen-bond acceptors (Lipinski definition) is 9. The maximum atomic E-state index is 13.6. The second-order valence-corrected chi connectivity index (χ2v) is 14.0. The smallest absolute Gasteiger partial charge is 0.283 e. The van der Waals surface area contributed by atoms with Crippen molar-refractivity contribution in [2.24, 2.45) is 23.2 Å². The highest BCUT2D eigenvalue weighted by molar-refractivity contribution is 7.90. The molecular formula is C31H42ClN3O7S. The molecule has 43 heavy (non-hydrogen) atoms. The third-order valence-electron chi connectivity index (χ3n) is 9.30. The van der Waals surface area contributed by atoms with Gasteiger partial charge in [0.15, 0.2) is 17.9 Å². The van der Waals surface area contributed by atoms with E-state index in [-0.39, 0.29) is 43.0 Å². The Hall–Kier alpha value is -2.73. The minimum absolute atomic E-state index is 0.0465. The summed E-state index contributed by atoms with van der Waals surface area (Å²) in [6, 6.07) is 3.07. The number of alkyl halides is 1. The first-order chi connectivity index (χ1) is 20.5. The lowest BCUT2D eigenvalue weighted by Crippen LogP contribution is -2.53. The summed E-state index contributed by atoms with van der Waals surface area (Å²) in [5.41, 5.74) is -1.24. The summed E-state index contributed by atoms with van der Waals surface area (Å²) < 4.78 is 46.6. The van der Waals surface area contributed by atoms with Crippen LogP contribution >= 0.6 is 11.6 Å². The lowest BCUT2D eigenvalue weighted by Gasteiger charge is -2.48. The number of methoxy groups -OCH3 is 2. The Bertz CT molecular complexity index is 1370. The first kappa shape index (κ1) is 33.2. The lowest BCUT2D eigenvalue weighted by atomic mass is 9.64. The molecule has 1 aromatic heterocycles.